The summed E-state index contributed by atoms with van der Waals surface area (Å²) < 4.78 is 0. The third-order valence-electron chi connectivity index (χ3n) is 5.76. The van der Waals surface area contributed by atoms with E-state index >= 15 is 0 Å². The van der Waals surface area contributed by atoms with Crippen molar-refractivity contribution in [2.24, 2.45) is 17.8 Å². The van der Waals surface area contributed by atoms with E-state index in [4.69, 9.17) is 0 Å². The van der Waals surface area contributed by atoms with Crippen molar-refractivity contribution in [1.82, 2.24) is 15.2 Å². The van der Waals surface area contributed by atoms with Crippen molar-refractivity contribution >= 4 is 0 Å². The molecule has 1 aromatic rings. The van der Waals surface area contributed by atoms with Crippen LogP contribution in [-0.4, -0.2) is 47.4 Å². The minimum absolute atomic E-state index is 0.487. The van der Waals surface area contributed by atoms with Crippen LogP contribution in [0.2, 0.25) is 0 Å². The lowest BCUT2D eigenvalue weighted by Crippen LogP contribution is -2.35. The molecule has 0 aromatic carbocycles. The van der Waals surface area contributed by atoms with Gasteiger partial charge in [-0.1, -0.05) is 37.3 Å². The molecule has 1 saturated heterocycles. The summed E-state index contributed by atoms with van der Waals surface area (Å²) in [4.78, 5) is 6.74. The van der Waals surface area contributed by atoms with Gasteiger partial charge in [0.15, 0.2) is 0 Å². The largest absolute Gasteiger partial charge is 0.378 e. The molecule has 4 atom stereocenters. The molecule has 0 amide bonds. The van der Waals surface area contributed by atoms with E-state index in [1.165, 1.54) is 38.9 Å². The zero-order valence-electron chi connectivity index (χ0n) is 15.9. The highest BCUT2D eigenvalue weighted by molar-refractivity contribution is 5.14. The predicted octanol–water partition coefficient (Wildman–Crippen LogP) is 3.01. The van der Waals surface area contributed by atoms with Gasteiger partial charge in [0.2, 0.25) is 0 Å². The number of nitrogens with zero attached hydrogens (tertiary/aromatic N) is 2. The lowest BCUT2D eigenvalue weighted by molar-refractivity contribution is 0.129. The Morgan fingerprint density at radius 2 is 2.15 bits per heavy atom. The second-order valence-corrected chi connectivity index (χ2v) is 7.88. The summed E-state index contributed by atoms with van der Waals surface area (Å²) >= 11 is 0. The summed E-state index contributed by atoms with van der Waals surface area (Å²) in [6.07, 6.45) is 16.5. The van der Waals surface area contributed by atoms with Gasteiger partial charge in [-0.05, 0) is 61.7 Å². The molecule has 4 nitrogen and oxygen atoms in total. The van der Waals surface area contributed by atoms with Gasteiger partial charge in [-0.3, -0.25) is 10.3 Å². The maximum Gasteiger partial charge on any atom is 0.109 e. The number of aromatic nitrogens is 1. The van der Waals surface area contributed by atoms with Crippen LogP contribution in [0.1, 0.15) is 31.7 Å². The first-order valence-electron chi connectivity index (χ1n) is 10.1. The average molecular weight is 356 g/mol. The number of hydrogen-bond acceptors (Lipinski definition) is 4. The third kappa shape index (κ3) is 6.04. The Labute approximate surface area is 158 Å². The lowest BCUT2D eigenvalue weighted by atomic mass is 9.89. The van der Waals surface area contributed by atoms with Gasteiger partial charge in [0, 0.05) is 31.9 Å². The molecule has 3 rings (SSSR count). The molecule has 1 fully saturated rings. The van der Waals surface area contributed by atoms with Crippen molar-refractivity contribution in [3.8, 4) is 0 Å². The topological polar surface area (TPSA) is 48.4 Å². The zero-order chi connectivity index (χ0) is 18.2. The highest BCUT2D eigenvalue weighted by Gasteiger charge is 2.22. The van der Waals surface area contributed by atoms with Crippen LogP contribution < -0.4 is 5.32 Å². The molecule has 0 spiro atoms. The Morgan fingerprint density at radius 1 is 1.27 bits per heavy atom. The Balaban J connectivity index is 1.38. The maximum atomic E-state index is 10.2. The molecule has 1 aromatic heterocycles. The summed E-state index contributed by atoms with van der Waals surface area (Å²) in [6, 6.07) is 3.93. The Kier molecular flexibility index (Phi) is 7.42. The van der Waals surface area contributed by atoms with E-state index in [2.05, 4.69) is 46.4 Å². The first-order valence-corrected chi connectivity index (χ1v) is 10.1. The van der Waals surface area contributed by atoms with Crippen LogP contribution in [0.25, 0.3) is 0 Å². The fraction of sp³-hybridized carbons (Fsp3) is 0.591. The summed E-state index contributed by atoms with van der Waals surface area (Å²) in [5, 5.41) is 13.6. The molecular weight excluding hydrogens is 322 g/mol. The van der Waals surface area contributed by atoms with E-state index in [1.54, 1.807) is 6.20 Å². The van der Waals surface area contributed by atoms with Crippen LogP contribution in [0.4, 0.5) is 0 Å². The minimum atomic E-state index is -0.487. The number of pyridine rings is 1. The van der Waals surface area contributed by atoms with Crippen molar-refractivity contribution in [2.45, 2.75) is 38.8 Å². The molecular formula is C22H33N3O. The highest BCUT2D eigenvalue weighted by atomic mass is 16.3. The van der Waals surface area contributed by atoms with Gasteiger partial charge in [-0.2, -0.15) is 0 Å². The van der Waals surface area contributed by atoms with Crippen molar-refractivity contribution in [1.29, 1.82) is 0 Å². The van der Waals surface area contributed by atoms with Gasteiger partial charge >= 0.3 is 0 Å². The Bertz CT molecular complexity index is 586. The number of rotatable bonds is 7. The second-order valence-electron chi connectivity index (χ2n) is 7.88. The van der Waals surface area contributed by atoms with E-state index in [-0.39, 0.29) is 0 Å². The number of likely N-dealkylation sites (tertiary alicyclic amines) is 1. The molecule has 1 aliphatic heterocycles. The molecule has 0 bridgehead atoms. The number of aliphatic hydroxyl groups is 1. The van der Waals surface area contributed by atoms with Gasteiger partial charge < -0.3 is 10.0 Å². The first-order chi connectivity index (χ1) is 12.7. The smallest absolute Gasteiger partial charge is 0.109 e. The van der Waals surface area contributed by atoms with Crippen molar-refractivity contribution in [2.75, 3.05) is 26.2 Å². The van der Waals surface area contributed by atoms with Crippen molar-refractivity contribution in [3.63, 3.8) is 0 Å². The van der Waals surface area contributed by atoms with E-state index in [9.17, 15) is 5.11 Å². The number of hydrogen-bond donors (Lipinski definition) is 2. The Morgan fingerprint density at radius 3 is 2.96 bits per heavy atom. The fourth-order valence-electron chi connectivity index (χ4n) is 4.02. The molecule has 2 aliphatic rings. The van der Waals surface area contributed by atoms with Gasteiger partial charge in [-0.15, -0.1) is 0 Å². The normalized spacial score (nSPS) is 28.0. The van der Waals surface area contributed by atoms with E-state index in [1.807, 2.05) is 18.3 Å². The molecule has 0 radical (unpaired) electrons. The second kappa shape index (κ2) is 10.0. The number of aliphatic hydroxyl groups excluding tert-OH is 1. The molecule has 142 valence electrons. The van der Waals surface area contributed by atoms with Crippen LogP contribution in [0.15, 0.2) is 48.8 Å². The standard InChI is InChI=1S/C22H33N3O/c1-18-6-2-3-9-21(18)17-25-12-5-8-19(10-13-25)16-24-22(26)14-20-7-4-11-23-15-20/h2-4,6-7,9,11,15,18-19,21-22,24,26H,5,8,10,12-14,16-17H2,1H3. The maximum absolute atomic E-state index is 10.2. The molecule has 2 N–H and O–H groups in total. The van der Waals surface area contributed by atoms with Gasteiger partial charge in [0.25, 0.3) is 0 Å². The molecule has 1 aliphatic carbocycles. The first kappa shape index (κ1) is 19.3. The number of nitrogens with one attached hydrogen (secondary N) is 1. The van der Waals surface area contributed by atoms with Crippen LogP contribution in [0.5, 0.6) is 0 Å². The van der Waals surface area contributed by atoms with Crippen LogP contribution >= 0.6 is 0 Å². The summed E-state index contributed by atoms with van der Waals surface area (Å²) in [5.74, 6) is 1.95. The molecule has 2 heterocycles. The molecule has 0 saturated carbocycles. The monoisotopic (exact) mass is 355 g/mol. The van der Waals surface area contributed by atoms with Crippen molar-refractivity contribution < 1.29 is 5.11 Å². The van der Waals surface area contributed by atoms with E-state index in [0.717, 1.165) is 12.1 Å². The quantitative estimate of drug-likeness (QED) is 0.738. The molecule has 26 heavy (non-hydrogen) atoms. The number of allylic oxidation sites excluding steroid dienone is 3. The van der Waals surface area contributed by atoms with Crippen LogP contribution in [0, 0.1) is 17.8 Å². The van der Waals surface area contributed by atoms with Gasteiger partial charge in [-0.25, -0.2) is 0 Å². The SMILES string of the molecule is CC1C=CC=CC1CN1CCCC(CNC(O)Cc2cccnc2)CC1. The van der Waals surface area contributed by atoms with Gasteiger partial charge in [0.1, 0.15) is 6.23 Å². The molecule has 4 heteroatoms. The highest BCUT2D eigenvalue weighted by Crippen LogP contribution is 2.23. The zero-order valence-corrected chi connectivity index (χ0v) is 15.9. The Hall–Kier alpha value is -1.49. The summed E-state index contributed by atoms with van der Waals surface area (Å²) in [6.45, 7) is 6.77. The van der Waals surface area contributed by atoms with E-state index < -0.39 is 6.23 Å². The lowest BCUT2D eigenvalue weighted by Gasteiger charge is -2.28. The summed E-state index contributed by atoms with van der Waals surface area (Å²) in [5.41, 5.74) is 1.07. The van der Waals surface area contributed by atoms with Crippen LogP contribution in [-0.2, 0) is 6.42 Å². The van der Waals surface area contributed by atoms with E-state index in [0.29, 0.717) is 24.2 Å². The third-order valence-corrected chi connectivity index (χ3v) is 5.76. The summed E-state index contributed by atoms with van der Waals surface area (Å²) in [7, 11) is 0. The molecule has 4 unspecified atom stereocenters. The van der Waals surface area contributed by atoms with Gasteiger partial charge in [0.05, 0.1) is 0 Å². The fourth-order valence-corrected chi connectivity index (χ4v) is 4.02. The predicted molar refractivity (Wildman–Crippen MR) is 107 cm³/mol. The average Bonchev–Trinajstić information content (AvgIpc) is 2.88. The van der Waals surface area contributed by atoms with Crippen molar-refractivity contribution in [3.05, 3.63) is 54.4 Å². The minimum Gasteiger partial charge on any atom is -0.378 e. The van der Waals surface area contributed by atoms with Crippen LogP contribution in [0.3, 0.4) is 0 Å².